The normalized spacial score (nSPS) is 30.0. The Hall–Kier alpha value is -2.81. The number of carbonyl (C=O) groups is 3. The number of anilines is 1. The van der Waals surface area contributed by atoms with Gasteiger partial charge in [-0.3, -0.25) is 24.6 Å². The second kappa shape index (κ2) is 6.85. The lowest BCUT2D eigenvalue weighted by atomic mass is 9.76. The van der Waals surface area contributed by atoms with E-state index in [0.29, 0.717) is 21.8 Å². The van der Waals surface area contributed by atoms with Crippen LogP contribution < -0.4 is 10.6 Å². The van der Waals surface area contributed by atoms with E-state index < -0.39 is 53.1 Å². The first kappa shape index (κ1) is 20.1. The second-order valence-electron chi connectivity index (χ2n) is 8.26. The second-order valence-corrected chi connectivity index (χ2v) is 8.69. The van der Waals surface area contributed by atoms with Crippen LogP contribution in [0.25, 0.3) is 0 Å². The van der Waals surface area contributed by atoms with Crippen molar-refractivity contribution < 1.29 is 23.9 Å². The fourth-order valence-corrected chi connectivity index (χ4v) is 5.28. The van der Waals surface area contributed by atoms with Crippen molar-refractivity contribution in [3.05, 3.63) is 64.4 Å². The van der Waals surface area contributed by atoms with Crippen molar-refractivity contribution in [2.45, 2.75) is 31.2 Å². The van der Waals surface area contributed by atoms with Crippen LogP contribution in [0, 0.1) is 17.7 Å². The first-order chi connectivity index (χ1) is 14.7. The zero-order chi connectivity index (χ0) is 22.1. The van der Waals surface area contributed by atoms with E-state index in [2.05, 4.69) is 10.6 Å². The van der Waals surface area contributed by atoms with Gasteiger partial charge < -0.3 is 10.4 Å². The van der Waals surface area contributed by atoms with Gasteiger partial charge in [0.2, 0.25) is 17.7 Å². The van der Waals surface area contributed by atoms with Crippen molar-refractivity contribution in [1.29, 1.82) is 0 Å². The molecule has 5 rings (SSSR count). The number of hydrogen-bond donors (Lipinski definition) is 3. The molecule has 0 saturated carbocycles. The van der Waals surface area contributed by atoms with Crippen LogP contribution in [-0.2, 0) is 26.5 Å². The Labute approximate surface area is 182 Å². The van der Waals surface area contributed by atoms with E-state index in [1.54, 1.807) is 18.2 Å². The van der Waals surface area contributed by atoms with Gasteiger partial charge in [0.25, 0.3) is 0 Å². The van der Waals surface area contributed by atoms with E-state index in [-0.39, 0.29) is 6.54 Å². The van der Waals surface area contributed by atoms with E-state index in [1.165, 1.54) is 31.2 Å². The lowest BCUT2D eigenvalue weighted by Gasteiger charge is -2.30. The summed E-state index contributed by atoms with van der Waals surface area (Å²) in [6.07, 6.45) is -0.995. The molecule has 0 bridgehead atoms. The van der Waals surface area contributed by atoms with E-state index in [4.69, 9.17) is 11.6 Å². The number of benzene rings is 2. The number of imide groups is 1. The Morgan fingerprint density at radius 3 is 2.55 bits per heavy atom. The molecule has 1 spiro atoms. The Bertz CT molecular complexity index is 1120. The molecular formula is C22H19ClFN3O4. The van der Waals surface area contributed by atoms with Gasteiger partial charge in [0.1, 0.15) is 11.4 Å². The van der Waals surface area contributed by atoms with Gasteiger partial charge in [0.05, 0.1) is 24.5 Å². The number of aliphatic hydroxyl groups excluding tert-OH is 1. The van der Waals surface area contributed by atoms with Crippen molar-refractivity contribution in [2.75, 3.05) is 5.32 Å². The molecule has 3 aliphatic rings. The molecule has 0 aromatic heterocycles. The number of nitrogens with one attached hydrogen (secondary N) is 2. The third-order valence-corrected chi connectivity index (χ3v) is 6.71. The molecule has 160 valence electrons. The van der Waals surface area contributed by atoms with Gasteiger partial charge in [-0.15, -0.1) is 0 Å². The number of amides is 3. The minimum absolute atomic E-state index is 0.0441. The number of aliphatic hydroxyl groups is 1. The largest absolute Gasteiger partial charge is 0.392 e. The number of likely N-dealkylation sites (tertiary alicyclic amines) is 1. The molecule has 9 heteroatoms. The maximum Gasteiger partial charge on any atom is 0.250 e. The first-order valence-corrected chi connectivity index (χ1v) is 10.3. The third kappa shape index (κ3) is 2.75. The highest BCUT2D eigenvalue weighted by Crippen LogP contribution is 2.53. The van der Waals surface area contributed by atoms with E-state index in [9.17, 15) is 23.9 Å². The highest BCUT2D eigenvalue weighted by molar-refractivity contribution is 6.31. The molecule has 3 amide bonds. The van der Waals surface area contributed by atoms with Crippen LogP contribution in [0.15, 0.2) is 42.5 Å². The Morgan fingerprint density at radius 2 is 1.87 bits per heavy atom. The third-order valence-electron chi connectivity index (χ3n) is 6.48. The first-order valence-electron chi connectivity index (χ1n) is 9.91. The average molecular weight is 444 g/mol. The van der Waals surface area contributed by atoms with Crippen LogP contribution in [-0.4, -0.2) is 39.9 Å². The highest BCUT2D eigenvalue weighted by Gasteiger charge is 2.71. The summed E-state index contributed by atoms with van der Waals surface area (Å²) in [7, 11) is 0. The monoisotopic (exact) mass is 443 g/mol. The summed E-state index contributed by atoms with van der Waals surface area (Å²) in [5.74, 6) is -3.85. The lowest BCUT2D eigenvalue weighted by Crippen LogP contribution is -2.54. The Morgan fingerprint density at radius 1 is 1.16 bits per heavy atom. The average Bonchev–Trinajstić information content (AvgIpc) is 3.31. The zero-order valence-electron chi connectivity index (χ0n) is 16.4. The molecule has 7 nitrogen and oxygen atoms in total. The minimum atomic E-state index is -1.52. The molecule has 3 aliphatic heterocycles. The molecule has 3 heterocycles. The van der Waals surface area contributed by atoms with Crippen LogP contribution in [0.4, 0.5) is 10.1 Å². The fraction of sp³-hybridized carbons (Fsp3) is 0.318. The summed E-state index contributed by atoms with van der Waals surface area (Å²) in [6.45, 7) is 1.47. The molecule has 5 atom stereocenters. The minimum Gasteiger partial charge on any atom is -0.392 e. The summed E-state index contributed by atoms with van der Waals surface area (Å²) in [5, 5.41) is 16.7. The topological polar surface area (TPSA) is 98.7 Å². The van der Waals surface area contributed by atoms with Gasteiger partial charge in [0.15, 0.2) is 0 Å². The smallest absolute Gasteiger partial charge is 0.250 e. The maximum absolute atomic E-state index is 13.5. The SMILES string of the molecule is CC(O)C1NC2(C(=O)Nc3ccc(Cl)cc32)C2C(=O)N(Cc3ccc(F)cc3)C(=O)C12. The zero-order valence-corrected chi connectivity index (χ0v) is 17.2. The van der Waals surface area contributed by atoms with Crippen molar-refractivity contribution in [1.82, 2.24) is 10.2 Å². The highest BCUT2D eigenvalue weighted by atomic mass is 35.5. The van der Waals surface area contributed by atoms with Crippen molar-refractivity contribution >= 4 is 35.0 Å². The van der Waals surface area contributed by atoms with Crippen LogP contribution in [0.1, 0.15) is 18.1 Å². The predicted molar refractivity (Wildman–Crippen MR) is 109 cm³/mol. The molecule has 0 aliphatic carbocycles. The number of nitrogens with zero attached hydrogens (tertiary/aromatic N) is 1. The molecule has 3 N–H and O–H groups in total. The summed E-state index contributed by atoms with van der Waals surface area (Å²) in [4.78, 5) is 41.2. The molecule has 2 fully saturated rings. The number of halogens is 2. The van der Waals surface area contributed by atoms with Gasteiger partial charge in [-0.25, -0.2) is 4.39 Å². The van der Waals surface area contributed by atoms with Gasteiger partial charge in [-0.05, 0) is 42.8 Å². The molecule has 5 unspecified atom stereocenters. The summed E-state index contributed by atoms with van der Waals surface area (Å²) >= 11 is 6.18. The van der Waals surface area contributed by atoms with Crippen molar-refractivity contribution in [3.8, 4) is 0 Å². The van der Waals surface area contributed by atoms with Crippen LogP contribution in [0.5, 0.6) is 0 Å². The fourth-order valence-electron chi connectivity index (χ4n) is 5.11. The summed E-state index contributed by atoms with van der Waals surface area (Å²) in [5.41, 5.74) is 0.0478. The summed E-state index contributed by atoms with van der Waals surface area (Å²) in [6, 6.07) is 9.58. The van der Waals surface area contributed by atoms with Gasteiger partial charge in [-0.1, -0.05) is 23.7 Å². The lowest BCUT2D eigenvalue weighted by molar-refractivity contribution is -0.143. The molecule has 2 aromatic rings. The van der Waals surface area contributed by atoms with Crippen LogP contribution in [0.3, 0.4) is 0 Å². The van der Waals surface area contributed by atoms with E-state index >= 15 is 0 Å². The number of carbonyl (C=O) groups excluding carboxylic acids is 3. The van der Waals surface area contributed by atoms with E-state index in [0.717, 1.165) is 4.90 Å². The molecule has 2 aromatic carbocycles. The molecular weight excluding hydrogens is 425 g/mol. The van der Waals surface area contributed by atoms with Crippen LogP contribution in [0.2, 0.25) is 5.02 Å². The standard InChI is InChI=1S/C22H19ClFN3O4/c1-10(28)18-16-17(20(30)27(19(16)29)9-11-2-5-13(24)6-3-11)22(26-18)14-8-12(23)4-7-15(14)25-21(22)31/h2-8,10,16-18,26,28H,9H2,1H3,(H,25,31). The quantitative estimate of drug-likeness (QED) is 0.628. The van der Waals surface area contributed by atoms with Crippen LogP contribution >= 0.6 is 11.6 Å². The number of fused-ring (bicyclic) bond motifs is 4. The Balaban J connectivity index is 1.61. The summed E-state index contributed by atoms with van der Waals surface area (Å²) < 4.78 is 13.3. The molecule has 0 radical (unpaired) electrons. The molecule has 2 saturated heterocycles. The number of rotatable bonds is 3. The maximum atomic E-state index is 13.5. The van der Waals surface area contributed by atoms with Gasteiger partial charge >= 0.3 is 0 Å². The predicted octanol–water partition coefficient (Wildman–Crippen LogP) is 1.78. The van der Waals surface area contributed by atoms with Gasteiger partial charge in [0, 0.05) is 22.3 Å². The van der Waals surface area contributed by atoms with E-state index in [1.807, 2.05) is 0 Å². The molecule has 31 heavy (non-hydrogen) atoms. The number of hydrogen-bond acceptors (Lipinski definition) is 5. The van der Waals surface area contributed by atoms with Gasteiger partial charge in [-0.2, -0.15) is 0 Å². The van der Waals surface area contributed by atoms with Crippen molar-refractivity contribution in [3.63, 3.8) is 0 Å². The Kier molecular flexibility index (Phi) is 4.44. The van der Waals surface area contributed by atoms with Crippen molar-refractivity contribution in [2.24, 2.45) is 11.8 Å².